The van der Waals surface area contributed by atoms with Gasteiger partial charge in [-0.2, -0.15) is 0 Å². The van der Waals surface area contributed by atoms with Gasteiger partial charge in [-0.3, -0.25) is 9.20 Å². The molecule has 1 N–H and O–H groups in total. The molecular weight excluding hydrogens is 358 g/mol. The van der Waals surface area contributed by atoms with Gasteiger partial charge in [-0.25, -0.2) is 4.98 Å². The van der Waals surface area contributed by atoms with Gasteiger partial charge in [-0.1, -0.05) is 60.1 Å². The maximum absolute atomic E-state index is 12.3. The van der Waals surface area contributed by atoms with E-state index in [1.165, 1.54) is 4.40 Å². The van der Waals surface area contributed by atoms with Gasteiger partial charge in [-0.15, -0.1) is 0 Å². The van der Waals surface area contributed by atoms with E-state index >= 15 is 0 Å². The molecule has 0 saturated heterocycles. The Kier molecular flexibility index (Phi) is 5.01. The Hall–Kier alpha value is -2.95. The van der Waals surface area contributed by atoms with Crippen LogP contribution in [0.2, 0.25) is 5.02 Å². The minimum absolute atomic E-state index is 0.0547. The predicted molar refractivity (Wildman–Crippen MR) is 108 cm³/mol. The lowest BCUT2D eigenvalue weighted by molar-refractivity contribution is 0.596. The van der Waals surface area contributed by atoms with E-state index in [0.29, 0.717) is 22.9 Å². The van der Waals surface area contributed by atoms with Crippen molar-refractivity contribution >= 4 is 17.2 Å². The molecule has 4 nitrogen and oxygen atoms in total. The molecule has 1 unspecified atom stereocenters. The molecule has 134 valence electrons. The molecule has 0 aliphatic rings. The second kappa shape index (κ2) is 7.74. The Labute approximate surface area is 162 Å². The van der Waals surface area contributed by atoms with E-state index in [1.54, 1.807) is 12.3 Å². The molecule has 0 aliphatic heterocycles. The maximum Gasteiger partial charge on any atom is 0.258 e. The summed E-state index contributed by atoms with van der Waals surface area (Å²) in [5, 5.41) is 4.21. The molecule has 0 aliphatic carbocycles. The number of aromatic nitrogens is 2. The molecule has 0 bridgehead atoms. The van der Waals surface area contributed by atoms with Crippen LogP contribution in [0.4, 0.5) is 0 Å². The summed E-state index contributed by atoms with van der Waals surface area (Å²) in [6.45, 7) is 0.465. The second-order valence-electron chi connectivity index (χ2n) is 6.29. The number of benzene rings is 2. The van der Waals surface area contributed by atoms with E-state index in [4.69, 9.17) is 11.6 Å². The van der Waals surface area contributed by atoms with Crippen LogP contribution in [0.5, 0.6) is 0 Å². The highest BCUT2D eigenvalue weighted by molar-refractivity contribution is 6.30. The Morgan fingerprint density at radius 2 is 1.70 bits per heavy atom. The van der Waals surface area contributed by atoms with Crippen LogP contribution in [0.15, 0.2) is 89.9 Å². The summed E-state index contributed by atoms with van der Waals surface area (Å²) < 4.78 is 1.54. The second-order valence-corrected chi connectivity index (χ2v) is 6.73. The first-order valence-corrected chi connectivity index (χ1v) is 9.09. The standard InChI is InChI=1S/C22H18ClN3O/c23-18-10-6-9-17(13-18)22(16-7-2-1-3-8-16)24-15-19-14-21(27)26-12-5-4-11-20(26)25-19/h1-14,22,24H,15H2. The van der Waals surface area contributed by atoms with Crippen molar-refractivity contribution in [3.63, 3.8) is 0 Å². The Bertz CT molecular complexity index is 1120. The van der Waals surface area contributed by atoms with Crippen LogP contribution in [0.1, 0.15) is 22.9 Å². The molecule has 0 radical (unpaired) electrons. The van der Waals surface area contributed by atoms with Crippen LogP contribution in [-0.4, -0.2) is 9.38 Å². The van der Waals surface area contributed by atoms with Crippen LogP contribution in [-0.2, 0) is 6.54 Å². The maximum atomic E-state index is 12.3. The molecule has 2 aromatic carbocycles. The van der Waals surface area contributed by atoms with E-state index in [1.807, 2.05) is 60.7 Å². The molecular formula is C22H18ClN3O. The lowest BCUT2D eigenvalue weighted by Gasteiger charge is -2.20. The SMILES string of the molecule is O=c1cc(CNC(c2ccccc2)c2cccc(Cl)c2)nc2ccccn12. The van der Waals surface area contributed by atoms with E-state index in [2.05, 4.69) is 22.4 Å². The van der Waals surface area contributed by atoms with Crippen LogP contribution < -0.4 is 10.9 Å². The van der Waals surface area contributed by atoms with E-state index in [-0.39, 0.29) is 11.6 Å². The van der Waals surface area contributed by atoms with Crippen LogP contribution in [0.3, 0.4) is 0 Å². The van der Waals surface area contributed by atoms with E-state index < -0.39 is 0 Å². The zero-order chi connectivity index (χ0) is 18.6. The van der Waals surface area contributed by atoms with Crippen LogP contribution in [0.25, 0.3) is 5.65 Å². The van der Waals surface area contributed by atoms with Gasteiger partial charge in [0.25, 0.3) is 5.56 Å². The van der Waals surface area contributed by atoms with Crippen molar-refractivity contribution in [1.29, 1.82) is 0 Å². The van der Waals surface area contributed by atoms with E-state index in [9.17, 15) is 4.79 Å². The van der Waals surface area contributed by atoms with Crippen molar-refractivity contribution < 1.29 is 0 Å². The van der Waals surface area contributed by atoms with Crippen LogP contribution in [0, 0.1) is 0 Å². The average molecular weight is 376 g/mol. The molecule has 2 heterocycles. The van der Waals surface area contributed by atoms with Gasteiger partial charge in [-0.05, 0) is 35.4 Å². The number of nitrogens with one attached hydrogen (secondary N) is 1. The fraction of sp³-hybridized carbons (Fsp3) is 0.0909. The summed E-state index contributed by atoms with van der Waals surface area (Å²) in [6, 6.07) is 25.0. The van der Waals surface area contributed by atoms with Gasteiger partial charge in [0, 0.05) is 23.8 Å². The van der Waals surface area contributed by atoms with Gasteiger partial charge in [0.05, 0.1) is 11.7 Å². The summed E-state index contributed by atoms with van der Waals surface area (Å²) in [5.74, 6) is 0. The van der Waals surface area contributed by atoms with E-state index in [0.717, 1.165) is 11.1 Å². The topological polar surface area (TPSA) is 46.4 Å². The Morgan fingerprint density at radius 3 is 2.52 bits per heavy atom. The number of rotatable bonds is 5. The fourth-order valence-electron chi connectivity index (χ4n) is 3.16. The number of fused-ring (bicyclic) bond motifs is 1. The normalized spacial score (nSPS) is 12.2. The van der Waals surface area contributed by atoms with Crippen LogP contribution >= 0.6 is 11.6 Å². The van der Waals surface area contributed by atoms with Crippen molar-refractivity contribution in [2.75, 3.05) is 0 Å². The first kappa shape index (κ1) is 17.5. The minimum Gasteiger partial charge on any atom is -0.301 e. The highest BCUT2D eigenvalue weighted by Crippen LogP contribution is 2.24. The van der Waals surface area contributed by atoms with Gasteiger partial charge >= 0.3 is 0 Å². The monoisotopic (exact) mass is 375 g/mol. The molecule has 0 amide bonds. The summed E-state index contributed by atoms with van der Waals surface area (Å²) in [6.07, 6.45) is 1.72. The number of pyridine rings is 1. The minimum atomic E-state index is -0.0867. The van der Waals surface area contributed by atoms with Crippen molar-refractivity contribution in [1.82, 2.24) is 14.7 Å². The number of hydrogen-bond donors (Lipinski definition) is 1. The molecule has 27 heavy (non-hydrogen) atoms. The van der Waals surface area contributed by atoms with Crippen molar-refractivity contribution in [3.8, 4) is 0 Å². The molecule has 4 aromatic rings. The molecule has 4 rings (SSSR count). The highest BCUT2D eigenvalue weighted by atomic mass is 35.5. The molecule has 0 fully saturated rings. The lowest BCUT2D eigenvalue weighted by atomic mass is 9.98. The first-order valence-electron chi connectivity index (χ1n) is 8.72. The highest BCUT2D eigenvalue weighted by Gasteiger charge is 2.14. The third-order valence-corrected chi connectivity index (χ3v) is 4.66. The number of nitrogens with zero attached hydrogens (tertiary/aromatic N) is 2. The zero-order valence-corrected chi connectivity index (χ0v) is 15.3. The summed E-state index contributed by atoms with van der Waals surface area (Å²) in [7, 11) is 0. The molecule has 5 heteroatoms. The van der Waals surface area contributed by atoms with Crippen molar-refractivity contribution in [3.05, 3.63) is 117 Å². The lowest BCUT2D eigenvalue weighted by Crippen LogP contribution is -2.24. The predicted octanol–water partition coefficient (Wildman–Crippen LogP) is 4.23. The summed E-state index contributed by atoms with van der Waals surface area (Å²) >= 11 is 6.20. The van der Waals surface area contributed by atoms with Crippen molar-refractivity contribution in [2.24, 2.45) is 0 Å². The average Bonchev–Trinajstić information content (AvgIpc) is 2.69. The quantitative estimate of drug-likeness (QED) is 0.568. The Balaban J connectivity index is 1.66. The zero-order valence-electron chi connectivity index (χ0n) is 14.5. The van der Waals surface area contributed by atoms with Gasteiger partial charge in [0.2, 0.25) is 0 Å². The number of halogens is 1. The largest absolute Gasteiger partial charge is 0.301 e. The molecule has 0 spiro atoms. The summed E-state index contributed by atoms with van der Waals surface area (Å²) in [4.78, 5) is 16.9. The molecule has 1 atom stereocenters. The first-order chi connectivity index (χ1) is 13.2. The third kappa shape index (κ3) is 3.92. The van der Waals surface area contributed by atoms with Crippen molar-refractivity contribution in [2.45, 2.75) is 12.6 Å². The molecule has 0 saturated carbocycles. The van der Waals surface area contributed by atoms with Gasteiger partial charge in [0.15, 0.2) is 0 Å². The fourth-order valence-corrected chi connectivity index (χ4v) is 3.36. The third-order valence-electron chi connectivity index (χ3n) is 4.43. The van der Waals surface area contributed by atoms with Gasteiger partial charge < -0.3 is 5.32 Å². The molecule has 2 aromatic heterocycles. The smallest absolute Gasteiger partial charge is 0.258 e. The summed E-state index contributed by atoms with van der Waals surface area (Å²) in [5.41, 5.74) is 3.44. The number of hydrogen-bond acceptors (Lipinski definition) is 3. The Morgan fingerprint density at radius 1 is 0.926 bits per heavy atom. The van der Waals surface area contributed by atoms with Gasteiger partial charge in [0.1, 0.15) is 5.65 Å².